The monoisotopic (exact) mass is 239 g/mol. The molecule has 1 aromatic rings. The van der Waals surface area contributed by atoms with E-state index >= 15 is 0 Å². The molecule has 9 nitrogen and oxygen atoms in total. The molecule has 9 heteroatoms. The summed E-state index contributed by atoms with van der Waals surface area (Å²) >= 11 is 0. The van der Waals surface area contributed by atoms with Crippen LogP contribution < -0.4 is 10.6 Å². The average molecular weight is 239 g/mol. The van der Waals surface area contributed by atoms with E-state index in [1.54, 1.807) is 7.05 Å². The Morgan fingerprint density at radius 2 is 2.06 bits per heavy atom. The lowest BCUT2D eigenvalue weighted by molar-refractivity contribution is -0.143. The van der Waals surface area contributed by atoms with Gasteiger partial charge in [0.2, 0.25) is 0 Å². The lowest BCUT2D eigenvalue weighted by atomic mass is 10.3. The van der Waals surface area contributed by atoms with Crippen LogP contribution >= 0.6 is 0 Å². The number of nitrogens with one attached hydrogen (secondary N) is 2. The van der Waals surface area contributed by atoms with Gasteiger partial charge in [0.15, 0.2) is 0 Å². The van der Waals surface area contributed by atoms with E-state index in [0.29, 0.717) is 26.2 Å². The summed E-state index contributed by atoms with van der Waals surface area (Å²) in [5.74, 6) is -1.28. The Hall–Kier alpha value is -2.03. The summed E-state index contributed by atoms with van der Waals surface area (Å²) in [4.78, 5) is 26.0. The van der Waals surface area contributed by atoms with Crippen LogP contribution in [0.4, 0.5) is 5.95 Å². The summed E-state index contributed by atoms with van der Waals surface area (Å²) < 4.78 is 0. The van der Waals surface area contributed by atoms with E-state index in [0.717, 1.165) is 0 Å². The molecule has 92 valence electrons. The number of amides is 2. The van der Waals surface area contributed by atoms with Crippen LogP contribution in [0.15, 0.2) is 0 Å². The maximum atomic E-state index is 11.7. The largest absolute Gasteiger partial charge is 0.332 e. The van der Waals surface area contributed by atoms with Gasteiger partial charge in [-0.2, -0.15) is 4.80 Å². The predicted molar refractivity (Wildman–Crippen MR) is 56.9 cm³/mol. The number of hydrogen-bond donors (Lipinski definition) is 2. The normalized spacial score (nSPS) is 15.7. The first-order chi connectivity index (χ1) is 8.16. The van der Waals surface area contributed by atoms with Crippen molar-refractivity contribution in [2.45, 2.75) is 0 Å². The zero-order valence-corrected chi connectivity index (χ0v) is 9.38. The van der Waals surface area contributed by atoms with E-state index in [1.807, 2.05) is 0 Å². The van der Waals surface area contributed by atoms with Crippen LogP contribution in [0, 0.1) is 0 Å². The molecular weight excluding hydrogens is 226 g/mol. The Labute approximate surface area is 97.1 Å². The van der Waals surface area contributed by atoms with E-state index in [-0.39, 0.29) is 5.95 Å². The third kappa shape index (κ3) is 2.75. The second-order valence-electron chi connectivity index (χ2n) is 3.60. The highest BCUT2D eigenvalue weighted by atomic mass is 16.2. The van der Waals surface area contributed by atoms with Gasteiger partial charge in [-0.1, -0.05) is 5.10 Å². The van der Waals surface area contributed by atoms with Crippen LogP contribution in [0.5, 0.6) is 0 Å². The molecule has 2 heterocycles. The molecule has 0 spiro atoms. The van der Waals surface area contributed by atoms with Gasteiger partial charge in [-0.15, -0.1) is 5.10 Å². The summed E-state index contributed by atoms with van der Waals surface area (Å²) in [7, 11) is 1.57. The summed E-state index contributed by atoms with van der Waals surface area (Å²) in [6, 6.07) is 0. The van der Waals surface area contributed by atoms with Crippen LogP contribution in [0.1, 0.15) is 0 Å². The fraction of sp³-hybridized carbons (Fsp3) is 0.625. The lowest BCUT2D eigenvalue weighted by Crippen LogP contribution is -2.50. The van der Waals surface area contributed by atoms with Crippen LogP contribution in [0.25, 0.3) is 0 Å². The molecule has 2 N–H and O–H groups in total. The number of carbonyl (C=O) groups is 2. The molecule has 1 aliphatic heterocycles. The number of aromatic nitrogens is 4. The zero-order valence-electron chi connectivity index (χ0n) is 9.38. The molecule has 1 fully saturated rings. The summed E-state index contributed by atoms with van der Waals surface area (Å²) in [6.45, 7) is 2.45. The quantitative estimate of drug-likeness (QED) is 0.528. The third-order valence-corrected chi connectivity index (χ3v) is 2.33. The molecule has 1 saturated heterocycles. The standard InChI is InChI=1S/C8H13N7O2/c1-14-12-8(11-13-14)10-6(16)7(17)15-4-2-9-3-5-15/h9H,2-5H2,1H3,(H,10,12,16). The van der Waals surface area contributed by atoms with Crippen molar-refractivity contribution in [1.29, 1.82) is 0 Å². The number of anilines is 1. The zero-order chi connectivity index (χ0) is 12.3. The van der Waals surface area contributed by atoms with Gasteiger partial charge in [0.25, 0.3) is 5.95 Å². The number of piperazine rings is 1. The van der Waals surface area contributed by atoms with Gasteiger partial charge in [0, 0.05) is 26.2 Å². The Bertz CT molecular complexity index is 423. The minimum absolute atomic E-state index is 0.0287. The van der Waals surface area contributed by atoms with Crippen LogP contribution in [0.2, 0.25) is 0 Å². The van der Waals surface area contributed by atoms with Gasteiger partial charge >= 0.3 is 11.8 Å². The molecule has 2 amide bonds. The highest BCUT2D eigenvalue weighted by Crippen LogP contribution is 1.97. The molecule has 2 rings (SSSR count). The summed E-state index contributed by atoms with van der Waals surface area (Å²) in [6.07, 6.45) is 0. The van der Waals surface area contributed by atoms with E-state index in [2.05, 4.69) is 26.0 Å². The van der Waals surface area contributed by atoms with Crippen molar-refractivity contribution in [3.05, 3.63) is 0 Å². The molecular formula is C8H13N7O2. The summed E-state index contributed by atoms with van der Waals surface area (Å²) in [5.41, 5.74) is 0. The summed E-state index contributed by atoms with van der Waals surface area (Å²) in [5, 5.41) is 16.3. The Balaban J connectivity index is 1.92. The van der Waals surface area contributed by atoms with Gasteiger partial charge < -0.3 is 10.2 Å². The molecule has 0 atom stereocenters. The Morgan fingerprint density at radius 1 is 1.35 bits per heavy atom. The first kappa shape index (κ1) is 11.5. The van der Waals surface area contributed by atoms with E-state index < -0.39 is 11.8 Å². The third-order valence-electron chi connectivity index (χ3n) is 2.33. The molecule has 0 unspecified atom stereocenters. The van der Waals surface area contributed by atoms with Crippen molar-refractivity contribution in [3.8, 4) is 0 Å². The van der Waals surface area contributed by atoms with E-state index in [1.165, 1.54) is 9.70 Å². The van der Waals surface area contributed by atoms with Crippen LogP contribution in [0.3, 0.4) is 0 Å². The molecule has 0 saturated carbocycles. The molecule has 17 heavy (non-hydrogen) atoms. The van der Waals surface area contributed by atoms with Crippen molar-refractivity contribution < 1.29 is 9.59 Å². The van der Waals surface area contributed by atoms with Gasteiger partial charge in [0.1, 0.15) is 0 Å². The SMILES string of the molecule is Cn1nnc(NC(=O)C(=O)N2CCNCC2)n1. The number of aryl methyl sites for hydroxylation is 1. The minimum Gasteiger partial charge on any atom is -0.332 e. The number of carbonyl (C=O) groups excluding carboxylic acids is 2. The maximum absolute atomic E-state index is 11.7. The molecule has 0 bridgehead atoms. The molecule has 1 aromatic heterocycles. The van der Waals surface area contributed by atoms with Gasteiger partial charge in [-0.3, -0.25) is 14.9 Å². The van der Waals surface area contributed by atoms with Crippen molar-refractivity contribution in [1.82, 2.24) is 30.4 Å². The predicted octanol–water partition coefficient (Wildman–Crippen LogP) is -2.42. The fourth-order valence-electron chi connectivity index (χ4n) is 1.50. The highest BCUT2D eigenvalue weighted by molar-refractivity contribution is 6.39. The molecule has 1 aliphatic rings. The van der Waals surface area contributed by atoms with Crippen molar-refractivity contribution in [3.63, 3.8) is 0 Å². The highest BCUT2D eigenvalue weighted by Gasteiger charge is 2.24. The topological polar surface area (TPSA) is 105 Å². The molecule has 0 aromatic carbocycles. The minimum atomic E-state index is -0.736. The second kappa shape index (κ2) is 4.87. The number of rotatable bonds is 1. The average Bonchev–Trinajstić information content (AvgIpc) is 2.75. The van der Waals surface area contributed by atoms with Crippen molar-refractivity contribution >= 4 is 17.8 Å². The van der Waals surface area contributed by atoms with Gasteiger partial charge in [-0.25, -0.2) is 0 Å². The van der Waals surface area contributed by atoms with Crippen LogP contribution in [-0.4, -0.2) is 63.1 Å². The number of nitrogens with zero attached hydrogens (tertiary/aromatic N) is 5. The van der Waals surface area contributed by atoms with Crippen molar-refractivity contribution in [2.24, 2.45) is 7.05 Å². The fourth-order valence-corrected chi connectivity index (χ4v) is 1.50. The van der Waals surface area contributed by atoms with Crippen molar-refractivity contribution in [2.75, 3.05) is 31.5 Å². The van der Waals surface area contributed by atoms with E-state index in [9.17, 15) is 9.59 Å². The number of tetrazole rings is 1. The number of hydrogen-bond acceptors (Lipinski definition) is 6. The van der Waals surface area contributed by atoms with Gasteiger partial charge in [-0.05, 0) is 5.21 Å². The van der Waals surface area contributed by atoms with Crippen LogP contribution in [-0.2, 0) is 16.6 Å². The van der Waals surface area contributed by atoms with Gasteiger partial charge in [0.05, 0.1) is 7.05 Å². The Morgan fingerprint density at radius 3 is 2.65 bits per heavy atom. The maximum Gasteiger partial charge on any atom is 0.316 e. The Kier molecular flexibility index (Phi) is 3.28. The lowest BCUT2D eigenvalue weighted by Gasteiger charge is -2.26. The first-order valence-electron chi connectivity index (χ1n) is 5.22. The molecule has 0 radical (unpaired) electrons. The first-order valence-corrected chi connectivity index (χ1v) is 5.22. The second-order valence-corrected chi connectivity index (χ2v) is 3.60. The molecule has 0 aliphatic carbocycles. The van der Waals surface area contributed by atoms with E-state index in [4.69, 9.17) is 0 Å². The smallest absolute Gasteiger partial charge is 0.316 e.